The summed E-state index contributed by atoms with van der Waals surface area (Å²) < 4.78 is 12.7. The van der Waals surface area contributed by atoms with E-state index in [-0.39, 0.29) is 27.7 Å². The SMILES string of the molecule is COc1ccc(NC(=O)Cn2c(=O)n(-c3ccc(Cl)c(Cl)c3)c(=O)c3ccccc32)cc1OC. The fourth-order valence-corrected chi connectivity index (χ4v) is 3.88. The molecular formula is C24H19Cl2N3O5. The molecule has 0 fully saturated rings. The summed E-state index contributed by atoms with van der Waals surface area (Å²) in [5, 5.41) is 3.49. The van der Waals surface area contributed by atoms with Gasteiger partial charge in [0.05, 0.1) is 40.9 Å². The summed E-state index contributed by atoms with van der Waals surface area (Å²) in [5.41, 5.74) is -0.196. The van der Waals surface area contributed by atoms with Crippen molar-refractivity contribution in [2.75, 3.05) is 19.5 Å². The monoisotopic (exact) mass is 499 g/mol. The van der Waals surface area contributed by atoms with Crippen molar-refractivity contribution < 1.29 is 14.3 Å². The number of nitrogens with zero attached hydrogens (tertiary/aromatic N) is 2. The molecule has 0 spiro atoms. The Morgan fingerprint density at radius 3 is 2.35 bits per heavy atom. The summed E-state index contributed by atoms with van der Waals surface area (Å²) in [4.78, 5) is 39.5. The first kappa shape index (κ1) is 23.4. The molecule has 0 radical (unpaired) electrons. The predicted molar refractivity (Wildman–Crippen MR) is 132 cm³/mol. The van der Waals surface area contributed by atoms with Crippen molar-refractivity contribution in [2.24, 2.45) is 0 Å². The summed E-state index contributed by atoms with van der Waals surface area (Å²) in [6.45, 7) is -0.338. The van der Waals surface area contributed by atoms with Gasteiger partial charge in [0.2, 0.25) is 5.91 Å². The molecule has 1 N–H and O–H groups in total. The van der Waals surface area contributed by atoms with Crippen LogP contribution in [-0.4, -0.2) is 29.3 Å². The molecule has 0 bridgehead atoms. The van der Waals surface area contributed by atoms with Gasteiger partial charge in [0.25, 0.3) is 5.56 Å². The summed E-state index contributed by atoms with van der Waals surface area (Å²) in [5.74, 6) is 0.478. The van der Waals surface area contributed by atoms with Gasteiger partial charge in [-0.15, -0.1) is 0 Å². The first-order valence-corrected chi connectivity index (χ1v) is 10.8. The maximum Gasteiger partial charge on any atom is 0.336 e. The van der Waals surface area contributed by atoms with Gasteiger partial charge in [-0.2, -0.15) is 0 Å². The number of carbonyl (C=O) groups is 1. The van der Waals surface area contributed by atoms with Crippen LogP contribution in [0.3, 0.4) is 0 Å². The van der Waals surface area contributed by atoms with Gasteiger partial charge in [0, 0.05) is 11.8 Å². The lowest BCUT2D eigenvalue weighted by Gasteiger charge is -2.15. The lowest BCUT2D eigenvalue weighted by Crippen LogP contribution is -2.40. The van der Waals surface area contributed by atoms with Gasteiger partial charge in [0.15, 0.2) is 11.5 Å². The van der Waals surface area contributed by atoms with E-state index in [1.165, 1.54) is 37.0 Å². The van der Waals surface area contributed by atoms with Gasteiger partial charge in [-0.3, -0.25) is 14.2 Å². The molecule has 0 saturated carbocycles. The number of hydrogen-bond acceptors (Lipinski definition) is 5. The number of aromatic nitrogens is 2. The maximum absolute atomic E-state index is 13.4. The fraction of sp³-hybridized carbons (Fsp3) is 0.125. The van der Waals surface area contributed by atoms with Crippen molar-refractivity contribution >= 4 is 45.7 Å². The zero-order valence-electron chi connectivity index (χ0n) is 18.2. The second-order valence-electron chi connectivity index (χ2n) is 7.24. The third-order valence-electron chi connectivity index (χ3n) is 5.18. The third-order valence-corrected chi connectivity index (χ3v) is 5.92. The van der Waals surface area contributed by atoms with Crippen LogP contribution in [0.4, 0.5) is 5.69 Å². The number of rotatable bonds is 6. The number of ether oxygens (including phenoxy) is 2. The summed E-state index contributed by atoms with van der Waals surface area (Å²) >= 11 is 12.1. The average molecular weight is 500 g/mol. The number of benzene rings is 3. The standard InChI is InChI=1S/C24H19Cl2N3O5/c1-33-20-10-7-14(11-21(20)34-2)27-22(30)13-28-19-6-4-3-5-16(19)23(31)29(24(28)32)15-8-9-17(25)18(26)12-15/h3-12H,13H2,1-2H3,(H,27,30). The zero-order chi connectivity index (χ0) is 24.4. The van der Waals surface area contributed by atoms with E-state index >= 15 is 0 Å². The minimum Gasteiger partial charge on any atom is -0.493 e. The van der Waals surface area contributed by atoms with E-state index < -0.39 is 17.2 Å². The normalized spacial score (nSPS) is 10.8. The molecule has 8 nitrogen and oxygen atoms in total. The summed E-state index contributed by atoms with van der Waals surface area (Å²) in [6.07, 6.45) is 0. The Labute approximate surface area is 203 Å². The van der Waals surface area contributed by atoms with Gasteiger partial charge in [0.1, 0.15) is 6.54 Å². The minimum atomic E-state index is -0.690. The number of nitrogens with one attached hydrogen (secondary N) is 1. The predicted octanol–water partition coefficient (Wildman–Crippen LogP) is 4.12. The second-order valence-corrected chi connectivity index (χ2v) is 8.06. The molecule has 1 aromatic heterocycles. The molecule has 4 rings (SSSR count). The van der Waals surface area contributed by atoms with E-state index in [0.29, 0.717) is 22.7 Å². The van der Waals surface area contributed by atoms with Crippen molar-refractivity contribution in [3.63, 3.8) is 0 Å². The van der Waals surface area contributed by atoms with E-state index in [1.54, 1.807) is 42.5 Å². The molecule has 3 aromatic carbocycles. The van der Waals surface area contributed by atoms with Crippen molar-refractivity contribution in [3.05, 3.63) is 91.5 Å². The largest absolute Gasteiger partial charge is 0.493 e. The third kappa shape index (κ3) is 4.37. The number of fused-ring (bicyclic) bond motifs is 1. The number of halogens is 2. The molecule has 10 heteroatoms. The molecule has 0 aliphatic carbocycles. The van der Waals surface area contributed by atoms with Gasteiger partial charge in [-0.25, -0.2) is 9.36 Å². The van der Waals surface area contributed by atoms with Crippen molar-refractivity contribution in [1.29, 1.82) is 0 Å². The number of carbonyl (C=O) groups excluding carboxylic acids is 1. The highest BCUT2D eigenvalue weighted by molar-refractivity contribution is 6.42. The van der Waals surface area contributed by atoms with E-state index in [2.05, 4.69) is 5.32 Å². The molecule has 1 amide bonds. The van der Waals surface area contributed by atoms with Crippen LogP contribution in [0.15, 0.2) is 70.3 Å². The van der Waals surface area contributed by atoms with Gasteiger partial charge < -0.3 is 14.8 Å². The van der Waals surface area contributed by atoms with Crippen LogP contribution in [0.1, 0.15) is 0 Å². The quantitative estimate of drug-likeness (QED) is 0.430. The Bertz CT molecular complexity index is 1530. The fourth-order valence-electron chi connectivity index (χ4n) is 3.58. The molecule has 4 aromatic rings. The number of methoxy groups -OCH3 is 2. The molecule has 0 atom stereocenters. The lowest BCUT2D eigenvalue weighted by atomic mass is 10.2. The van der Waals surface area contributed by atoms with Crippen molar-refractivity contribution in [1.82, 2.24) is 9.13 Å². The number of anilines is 1. The van der Waals surface area contributed by atoms with Crippen molar-refractivity contribution in [2.45, 2.75) is 6.54 Å². The summed E-state index contributed by atoms with van der Waals surface area (Å²) in [6, 6.07) is 15.9. The molecule has 1 heterocycles. The molecule has 174 valence electrons. The molecule has 0 aliphatic rings. The van der Waals surface area contributed by atoms with E-state index in [4.69, 9.17) is 32.7 Å². The van der Waals surface area contributed by atoms with Crippen molar-refractivity contribution in [3.8, 4) is 17.2 Å². The Morgan fingerprint density at radius 2 is 1.65 bits per heavy atom. The number of amides is 1. The molecule has 34 heavy (non-hydrogen) atoms. The molecule has 0 unspecified atom stereocenters. The van der Waals surface area contributed by atoms with Crippen LogP contribution in [0, 0.1) is 0 Å². The minimum absolute atomic E-state index is 0.191. The van der Waals surface area contributed by atoms with E-state index in [0.717, 1.165) is 4.57 Å². The van der Waals surface area contributed by atoms with Gasteiger partial charge >= 0.3 is 5.69 Å². The Hall–Kier alpha value is -3.75. The van der Waals surface area contributed by atoms with Gasteiger partial charge in [-0.1, -0.05) is 35.3 Å². The first-order chi connectivity index (χ1) is 16.3. The second kappa shape index (κ2) is 9.62. The van der Waals surface area contributed by atoms with Crippen LogP contribution < -0.4 is 26.0 Å². The highest BCUT2D eigenvalue weighted by atomic mass is 35.5. The number of hydrogen-bond donors (Lipinski definition) is 1. The summed E-state index contributed by atoms with van der Waals surface area (Å²) in [7, 11) is 3.00. The van der Waals surface area contributed by atoms with Crippen LogP contribution in [0.25, 0.3) is 16.6 Å². The highest BCUT2D eigenvalue weighted by Gasteiger charge is 2.17. The Balaban J connectivity index is 1.78. The van der Waals surface area contributed by atoms with Crippen LogP contribution in [0.5, 0.6) is 11.5 Å². The van der Waals surface area contributed by atoms with Crippen LogP contribution in [-0.2, 0) is 11.3 Å². The smallest absolute Gasteiger partial charge is 0.336 e. The molecular weight excluding hydrogens is 481 g/mol. The first-order valence-electron chi connectivity index (χ1n) is 10.1. The zero-order valence-corrected chi connectivity index (χ0v) is 19.7. The van der Waals surface area contributed by atoms with Crippen LogP contribution >= 0.6 is 23.2 Å². The highest BCUT2D eigenvalue weighted by Crippen LogP contribution is 2.29. The van der Waals surface area contributed by atoms with Crippen LogP contribution in [0.2, 0.25) is 10.0 Å². The van der Waals surface area contributed by atoms with E-state index in [1.807, 2.05) is 0 Å². The van der Waals surface area contributed by atoms with Gasteiger partial charge in [-0.05, 0) is 42.5 Å². The molecule has 0 saturated heterocycles. The number of para-hydroxylation sites is 1. The molecule has 0 aliphatic heterocycles. The maximum atomic E-state index is 13.4. The average Bonchev–Trinajstić information content (AvgIpc) is 2.84. The topological polar surface area (TPSA) is 91.6 Å². The Kier molecular flexibility index (Phi) is 6.63. The Morgan fingerprint density at radius 1 is 0.912 bits per heavy atom. The lowest BCUT2D eigenvalue weighted by molar-refractivity contribution is -0.116. The van der Waals surface area contributed by atoms with E-state index in [9.17, 15) is 14.4 Å².